The minimum Gasteiger partial charge on any atom is -0.462 e. The summed E-state index contributed by atoms with van der Waals surface area (Å²) in [7, 11) is 1.50. The van der Waals surface area contributed by atoms with E-state index in [2.05, 4.69) is 62.5 Å². The van der Waals surface area contributed by atoms with Gasteiger partial charge in [-0.1, -0.05) is 396 Å². The molecule has 1 N–H and O–H groups in total. The Morgan fingerprint density at radius 3 is 0.844 bits per heavy atom. The van der Waals surface area contributed by atoms with E-state index < -0.39 is 26.5 Å². The molecule has 0 aromatic carbocycles. The third-order valence-corrected chi connectivity index (χ3v) is 20.3. The number of hydrogen-bond acceptors (Lipinski definition) is 7. The Morgan fingerprint density at radius 1 is 0.323 bits per heavy atom. The van der Waals surface area contributed by atoms with Crippen molar-refractivity contribution in [3.63, 3.8) is 0 Å². The fourth-order valence-electron chi connectivity index (χ4n) is 12.8. The first-order valence-electron chi connectivity index (χ1n) is 42.4. The Hall–Kier alpha value is -2.03. The third-order valence-electron chi connectivity index (χ3n) is 19.3. The van der Waals surface area contributed by atoms with Crippen LogP contribution in [-0.4, -0.2) is 74.9 Å². The van der Waals surface area contributed by atoms with Gasteiger partial charge in [0.1, 0.15) is 19.8 Å². The molecular formula is C86H165NO8P+. The summed E-state index contributed by atoms with van der Waals surface area (Å²) in [5.41, 5.74) is 0. The van der Waals surface area contributed by atoms with Gasteiger partial charge < -0.3 is 18.9 Å². The number of nitrogens with zero attached hydrogens (tertiary/aromatic N) is 1. The molecule has 0 spiro atoms. The predicted molar refractivity (Wildman–Crippen MR) is 418 cm³/mol. The number of esters is 2. The molecule has 0 saturated heterocycles. The largest absolute Gasteiger partial charge is 0.472 e. The van der Waals surface area contributed by atoms with Gasteiger partial charge in [-0.15, -0.1) is 0 Å². The van der Waals surface area contributed by atoms with Crippen molar-refractivity contribution in [1.82, 2.24) is 0 Å². The number of likely N-dealkylation sites (N-methyl/N-ethyl adjacent to an activating group) is 1. The highest BCUT2D eigenvalue weighted by molar-refractivity contribution is 7.47. The van der Waals surface area contributed by atoms with Crippen LogP contribution >= 0.6 is 7.82 Å². The van der Waals surface area contributed by atoms with Crippen molar-refractivity contribution in [3.8, 4) is 0 Å². The van der Waals surface area contributed by atoms with Crippen molar-refractivity contribution in [2.45, 2.75) is 444 Å². The number of ether oxygens (including phenoxy) is 2. The predicted octanol–water partition coefficient (Wildman–Crippen LogP) is 28.3. The average molecular weight is 1370 g/mol. The van der Waals surface area contributed by atoms with Crippen LogP contribution in [-0.2, 0) is 32.7 Å². The summed E-state index contributed by atoms with van der Waals surface area (Å²) in [5.74, 6) is -0.772. The second kappa shape index (κ2) is 77.1. The Morgan fingerprint density at radius 2 is 0.562 bits per heavy atom. The van der Waals surface area contributed by atoms with E-state index >= 15 is 0 Å². The molecule has 2 unspecified atom stereocenters. The van der Waals surface area contributed by atoms with Crippen LogP contribution in [0.5, 0.6) is 0 Å². The first kappa shape index (κ1) is 94.0. The maximum absolute atomic E-state index is 12.9. The first-order valence-corrected chi connectivity index (χ1v) is 43.9. The van der Waals surface area contributed by atoms with Gasteiger partial charge in [-0.05, 0) is 77.0 Å². The van der Waals surface area contributed by atoms with Crippen LogP contribution in [0.15, 0.2) is 48.6 Å². The fraction of sp³-hybridized carbons (Fsp3) is 0.884. The standard InChI is InChI=1S/C86H164NO8P/c1-6-8-10-12-14-16-18-20-22-24-26-28-30-32-34-36-38-40-41-42-43-44-45-47-48-50-52-54-56-58-60-62-64-66-68-70-72-74-76-78-85(88)92-82-84(83-94-96(90,91)93-81-80-87(3,4)5)95-86(89)79-77-75-73-71-69-67-65-63-61-59-57-55-53-51-49-46-39-37-35-33-31-29-27-25-23-21-19-17-15-13-11-9-7-2/h19,21,24-27,31,33,84H,6-18,20,22-23,28-30,32,34-83H2,1-5H3/p+1/b21-19-,26-24-,27-25-,33-31-. The zero-order chi connectivity index (χ0) is 69.7. The quantitative estimate of drug-likeness (QED) is 0.0211. The molecule has 0 saturated carbocycles. The molecule has 0 heterocycles. The Balaban J connectivity index is 3.88. The molecule has 0 bridgehead atoms. The number of carbonyl (C=O) groups excluding carboxylic acids is 2. The third kappa shape index (κ3) is 80.9. The van der Waals surface area contributed by atoms with Crippen LogP contribution in [0.3, 0.4) is 0 Å². The molecule has 0 amide bonds. The summed E-state index contributed by atoms with van der Waals surface area (Å²) in [5, 5.41) is 0. The van der Waals surface area contributed by atoms with Crippen molar-refractivity contribution in [2.75, 3.05) is 47.5 Å². The lowest BCUT2D eigenvalue weighted by Crippen LogP contribution is -2.37. The number of carbonyl (C=O) groups is 2. The summed E-state index contributed by atoms with van der Waals surface area (Å²) in [4.78, 5) is 36.0. The zero-order valence-corrected chi connectivity index (χ0v) is 65.8. The van der Waals surface area contributed by atoms with Crippen molar-refractivity contribution in [1.29, 1.82) is 0 Å². The van der Waals surface area contributed by atoms with Gasteiger partial charge in [-0.3, -0.25) is 18.6 Å². The molecule has 566 valence electrons. The topological polar surface area (TPSA) is 108 Å². The van der Waals surface area contributed by atoms with Crippen LogP contribution < -0.4 is 0 Å². The first-order chi connectivity index (χ1) is 47.0. The van der Waals surface area contributed by atoms with E-state index in [1.807, 2.05) is 21.1 Å². The van der Waals surface area contributed by atoms with Gasteiger partial charge in [0.25, 0.3) is 0 Å². The number of quaternary nitrogens is 1. The van der Waals surface area contributed by atoms with Crippen molar-refractivity contribution in [2.24, 2.45) is 0 Å². The van der Waals surface area contributed by atoms with E-state index in [1.165, 1.54) is 360 Å². The molecule has 0 radical (unpaired) electrons. The number of rotatable bonds is 80. The second-order valence-electron chi connectivity index (χ2n) is 30.2. The van der Waals surface area contributed by atoms with Gasteiger partial charge >= 0.3 is 19.8 Å². The number of unbranched alkanes of at least 4 members (excludes halogenated alkanes) is 58. The Kier molecular flexibility index (Phi) is 75.5. The smallest absolute Gasteiger partial charge is 0.462 e. The molecule has 96 heavy (non-hydrogen) atoms. The van der Waals surface area contributed by atoms with Crippen LogP contribution in [0.2, 0.25) is 0 Å². The maximum atomic E-state index is 12.9. The lowest BCUT2D eigenvalue weighted by molar-refractivity contribution is -0.870. The monoisotopic (exact) mass is 1370 g/mol. The van der Waals surface area contributed by atoms with Gasteiger partial charge in [-0.2, -0.15) is 0 Å². The number of allylic oxidation sites excluding steroid dienone is 8. The highest BCUT2D eigenvalue weighted by atomic mass is 31.2. The van der Waals surface area contributed by atoms with E-state index in [-0.39, 0.29) is 25.6 Å². The SMILES string of the molecule is CCCCCCC/C=C\C/C=C\C/C=C\CCCCCCCCCCCCCCCCCCCCC(=O)OC(COC(=O)CCCCCCCCCCCCCCCCCCCCCCCCCCCCC/C=C\CCCCCCCCCC)COP(=O)(O)OCC[N+](C)(C)C. The zero-order valence-electron chi connectivity index (χ0n) is 64.9. The highest BCUT2D eigenvalue weighted by Crippen LogP contribution is 2.43. The molecule has 0 aliphatic heterocycles. The van der Waals surface area contributed by atoms with Gasteiger partial charge in [0, 0.05) is 12.8 Å². The van der Waals surface area contributed by atoms with E-state index in [0.29, 0.717) is 23.9 Å². The summed E-state index contributed by atoms with van der Waals surface area (Å²) in [6.45, 7) is 4.50. The fourth-order valence-corrected chi connectivity index (χ4v) is 13.6. The lowest BCUT2D eigenvalue weighted by atomic mass is 10.0. The van der Waals surface area contributed by atoms with Gasteiger partial charge in [0.05, 0.1) is 27.7 Å². The van der Waals surface area contributed by atoms with E-state index in [1.54, 1.807) is 0 Å². The molecule has 0 fully saturated rings. The van der Waals surface area contributed by atoms with Crippen LogP contribution in [0, 0.1) is 0 Å². The van der Waals surface area contributed by atoms with Gasteiger partial charge in [-0.25, -0.2) is 4.57 Å². The summed E-state index contributed by atoms with van der Waals surface area (Å²) in [6.07, 6.45) is 103. The molecule has 2 atom stereocenters. The molecule has 9 nitrogen and oxygen atoms in total. The number of phosphoric acid groups is 1. The second-order valence-corrected chi connectivity index (χ2v) is 31.7. The van der Waals surface area contributed by atoms with Crippen molar-refractivity contribution < 1.29 is 42.1 Å². The van der Waals surface area contributed by atoms with E-state index in [0.717, 1.165) is 44.9 Å². The normalized spacial score (nSPS) is 13.2. The van der Waals surface area contributed by atoms with Crippen molar-refractivity contribution >= 4 is 19.8 Å². The lowest BCUT2D eigenvalue weighted by Gasteiger charge is -2.24. The highest BCUT2D eigenvalue weighted by Gasteiger charge is 2.27. The van der Waals surface area contributed by atoms with E-state index in [9.17, 15) is 19.0 Å². The molecule has 10 heteroatoms. The molecular weight excluding hydrogens is 1210 g/mol. The van der Waals surface area contributed by atoms with Crippen molar-refractivity contribution in [3.05, 3.63) is 48.6 Å². The molecule has 0 aliphatic carbocycles. The Bertz CT molecular complexity index is 1760. The van der Waals surface area contributed by atoms with Crippen LogP contribution in [0.4, 0.5) is 0 Å². The minimum absolute atomic E-state index is 0.0344. The summed E-state index contributed by atoms with van der Waals surface area (Å²) in [6, 6.07) is 0. The van der Waals surface area contributed by atoms with Gasteiger partial charge in [0.15, 0.2) is 6.10 Å². The number of hydrogen-bond donors (Lipinski definition) is 1. The van der Waals surface area contributed by atoms with Crippen LogP contribution in [0.25, 0.3) is 0 Å². The molecule has 0 aliphatic rings. The summed E-state index contributed by atoms with van der Waals surface area (Å²) >= 11 is 0. The molecule has 0 aromatic rings. The van der Waals surface area contributed by atoms with Gasteiger partial charge in [0.2, 0.25) is 0 Å². The average Bonchev–Trinajstić information content (AvgIpc) is 1.48. The summed E-state index contributed by atoms with van der Waals surface area (Å²) < 4.78 is 34.9. The maximum Gasteiger partial charge on any atom is 0.472 e. The Labute approximate surface area is 598 Å². The van der Waals surface area contributed by atoms with E-state index in [4.69, 9.17) is 18.5 Å². The minimum atomic E-state index is -4.39. The van der Waals surface area contributed by atoms with Crippen LogP contribution in [0.1, 0.15) is 438 Å². The molecule has 0 rings (SSSR count). The molecule has 0 aromatic heterocycles. The number of phosphoric ester groups is 1.